The zero-order valence-electron chi connectivity index (χ0n) is 15.8. The van der Waals surface area contributed by atoms with Crippen LogP contribution < -0.4 is 10.9 Å². The SMILES string of the molecule is Cn1ccnc1Sc1ccccc1NC(=O)CCc1nc2ccccc2c(=O)[nH]1. The number of nitrogens with one attached hydrogen (secondary N) is 2. The molecular weight excluding hydrogens is 386 g/mol. The molecule has 29 heavy (non-hydrogen) atoms. The van der Waals surface area contributed by atoms with Crippen LogP contribution in [0.3, 0.4) is 0 Å². The molecule has 0 atom stereocenters. The molecule has 0 bridgehead atoms. The number of H-pyrrole nitrogens is 1. The standard InChI is InChI=1S/C21H19N5O2S/c1-26-13-12-22-21(26)29-17-9-5-4-8-16(17)24-19(27)11-10-18-23-15-7-3-2-6-14(15)20(28)25-18/h2-9,12-13H,10-11H2,1H3,(H,24,27)(H,23,25,28). The average Bonchev–Trinajstić information content (AvgIpc) is 3.12. The third kappa shape index (κ3) is 4.38. The fraction of sp³-hybridized carbons (Fsp3) is 0.143. The Labute approximate surface area is 171 Å². The Hall–Kier alpha value is -3.39. The predicted molar refractivity (Wildman–Crippen MR) is 113 cm³/mol. The summed E-state index contributed by atoms with van der Waals surface area (Å²) in [4.78, 5) is 37.1. The van der Waals surface area contributed by atoms with Gasteiger partial charge in [-0.15, -0.1) is 0 Å². The third-order valence-electron chi connectivity index (χ3n) is 4.39. The number of hydrogen-bond donors (Lipinski definition) is 2. The summed E-state index contributed by atoms with van der Waals surface area (Å²) in [7, 11) is 1.92. The third-order valence-corrected chi connectivity index (χ3v) is 5.54. The van der Waals surface area contributed by atoms with Gasteiger partial charge in [0.15, 0.2) is 5.16 Å². The number of fused-ring (bicyclic) bond motifs is 1. The number of imidazole rings is 1. The highest BCUT2D eigenvalue weighted by Gasteiger charge is 2.11. The number of anilines is 1. The minimum absolute atomic E-state index is 0.145. The second-order valence-corrected chi connectivity index (χ2v) is 7.51. The number of para-hydroxylation sites is 2. The van der Waals surface area contributed by atoms with E-state index in [1.165, 1.54) is 11.8 Å². The van der Waals surface area contributed by atoms with Crippen LogP contribution >= 0.6 is 11.8 Å². The van der Waals surface area contributed by atoms with Gasteiger partial charge in [0.2, 0.25) is 5.91 Å². The van der Waals surface area contributed by atoms with Gasteiger partial charge < -0.3 is 14.9 Å². The fourth-order valence-corrected chi connectivity index (χ4v) is 3.80. The number of aromatic amines is 1. The molecule has 146 valence electrons. The average molecular weight is 405 g/mol. The van der Waals surface area contributed by atoms with Crippen molar-refractivity contribution in [2.45, 2.75) is 22.9 Å². The van der Waals surface area contributed by atoms with Gasteiger partial charge >= 0.3 is 0 Å². The summed E-state index contributed by atoms with van der Waals surface area (Å²) in [6.07, 6.45) is 4.17. The van der Waals surface area contributed by atoms with Crippen LogP contribution in [-0.4, -0.2) is 25.4 Å². The van der Waals surface area contributed by atoms with Crippen LogP contribution in [0.5, 0.6) is 0 Å². The van der Waals surface area contributed by atoms with Gasteiger partial charge in [0, 0.05) is 37.2 Å². The van der Waals surface area contributed by atoms with Gasteiger partial charge in [0.25, 0.3) is 5.56 Å². The molecule has 0 fully saturated rings. The number of nitrogens with zero attached hydrogens (tertiary/aromatic N) is 3. The minimum atomic E-state index is -0.192. The lowest BCUT2D eigenvalue weighted by Gasteiger charge is -2.10. The maximum atomic E-state index is 12.5. The molecule has 7 nitrogen and oxygen atoms in total. The van der Waals surface area contributed by atoms with E-state index in [9.17, 15) is 9.59 Å². The predicted octanol–water partition coefficient (Wildman–Crippen LogP) is 3.38. The molecule has 0 aliphatic carbocycles. The molecule has 4 aromatic rings. The summed E-state index contributed by atoms with van der Waals surface area (Å²) in [5, 5.41) is 4.33. The number of amides is 1. The lowest BCUT2D eigenvalue weighted by atomic mass is 10.2. The van der Waals surface area contributed by atoms with E-state index in [0.717, 1.165) is 15.7 Å². The smallest absolute Gasteiger partial charge is 0.258 e. The van der Waals surface area contributed by atoms with Gasteiger partial charge in [0.05, 0.1) is 16.6 Å². The van der Waals surface area contributed by atoms with Crippen LogP contribution in [0, 0.1) is 0 Å². The second-order valence-electron chi connectivity index (χ2n) is 6.50. The highest BCUT2D eigenvalue weighted by atomic mass is 32.2. The number of benzene rings is 2. The van der Waals surface area contributed by atoms with Gasteiger partial charge in [-0.25, -0.2) is 9.97 Å². The molecule has 0 aliphatic heterocycles. The van der Waals surface area contributed by atoms with Crippen molar-refractivity contribution in [1.82, 2.24) is 19.5 Å². The fourth-order valence-electron chi connectivity index (χ4n) is 2.91. The lowest BCUT2D eigenvalue weighted by Crippen LogP contribution is -2.16. The van der Waals surface area contributed by atoms with Gasteiger partial charge in [-0.05, 0) is 36.0 Å². The molecule has 0 saturated heterocycles. The first-order valence-corrected chi connectivity index (χ1v) is 9.94. The van der Waals surface area contributed by atoms with Gasteiger partial charge in [-0.1, -0.05) is 24.3 Å². The highest BCUT2D eigenvalue weighted by molar-refractivity contribution is 7.99. The molecule has 0 aliphatic rings. The van der Waals surface area contributed by atoms with Crippen molar-refractivity contribution >= 4 is 34.3 Å². The summed E-state index contributed by atoms with van der Waals surface area (Å²) in [5.41, 5.74) is 1.16. The molecule has 2 aromatic heterocycles. The Bertz CT molecular complexity index is 1230. The first-order chi connectivity index (χ1) is 14.1. The van der Waals surface area contributed by atoms with Crippen LogP contribution in [-0.2, 0) is 18.3 Å². The number of hydrogen-bond acceptors (Lipinski definition) is 5. The quantitative estimate of drug-likeness (QED) is 0.513. The van der Waals surface area contributed by atoms with Crippen LogP contribution in [0.25, 0.3) is 10.9 Å². The Kier molecular flexibility index (Phi) is 5.44. The molecule has 0 spiro atoms. The molecular formula is C21H19N5O2S. The van der Waals surface area contributed by atoms with E-state index in [0.29, 0.717) is 23.1 Å². The minimum Gasteiger partial charge on any atom is -0.329 e. The number of carbonyl (C=O) groups excluding carboxylic acids is 1. The molecule has 8 heteroatoms. The Morgan fingerprint density at radius 3 is 2.79 bits per heavy atom. The van der Waals surface area contributed by atoms with E-state index < -0.39 is 0 Å². The van der Waals surface area contributed by atoms with E-state index in [2.05, 4.69) is 20.3 Å². The van der Waals surface area contributed by atoms with E-state index in [1.807, 2.05) is 48.1 Å². The molecule has 4 rings (SSSR count). The lowest BCUT2D eigenvalue weighted by molar-refractivity contribution is -0.116. The normalized spacial score (nSPS) is 10.9. The monoisotopic (exact) mass is 405 g/mol. The van der Waals surface area contributed by atoms with Crippen molar-refractivity contribution in [1.29, 1.82) is 0 Å². The summed E-state index contributed by atoms with van der Waals surface area (Å²) < 4.78 is 1.92. The first-order valence-electron chi connectivity index (χ1n) is 9.12. The zero-order valence-corrected chi connectivity index (χ0v) is 16.6. The zero-order chi connectivity index (χ0) is 20.2. The Morgan fingerprint density at radius 1 is 1.17 bits per heavy atom. The maximum absolute atomic E-state index is 12.5. The van der Waals surface area contributed by atoms with E-state index in [1.54, 1.807) is 24.4 Å². The number of carbonyl (C=O) groups is 1. The number of aryl methyl sites for hydroxylation is 2. The van der Waals surface area contributed by atoms with Gasteiger partial charge in [-0.2, -0.15) is 0 Å². The van der Waals surface area contributed by atoms with E-state index >= 15 is 0 Å². The number of rotatable bonds is 6. The van der Waals surface area contributed by atoms with Gasteiger partial charge in [-0.3, -0.25) is 9.59 Å². The molecule has 2 aromatic carbocycles. The second kappa shape index (κ2) is 8.32. The Morgan fingerprint density at radius 2 is 1.97 bits per heavy atom. The van der Waals surface area contributed by atoms with Crippen LogP contribution in [0.1, 0.15) is 12.2 Å². The summed E-state index contributed by atoms with van der Waals surface area (Å²) in [6, 6.07) is 14.8. The van der Waals surface area contributed by atoms with Crippen molar-refractivity contribution in [2.75, 3.05) is 5.32 Å². The molecule has 2 N–H and O–H groups in total. The van der Waals surface area contributed by atoms with Crippen LogP contribution in [0.2, 0.25) is 0 Å². The van der Waals surface area contributed by atoms with Crippen LogP contribution in [0.4, 0.5) is 5.69 Å². The topological polar surface area (TPSA) is 92.7 Å². The van der Waals surface area contributed by atoms with E-state index in [-0.39, 0.29) is 17.9 Å². The van der Waals surface area contributed by atoms with E-state index in [4.69, 9.17) is 0 Å². The van der Waals surface area contributed by atoms with Crippen molar-refractivity contribution in [3.8, 4) is 0 Å². The highest BCUT2D eigenvalue weighted by Crippen LogP contribution is 2.32. The first kappa shape index (κ1) is 18.9. The molecule has 0 saturated carbocycles. The van der Waals surface area contributed by atoms with Crippen molar-refractivity contribution < 1.29 is 4.79 Å². The van der Waals surface area contributed by atoms with Gasteiger partial charge in [0.1, 0.15) is 5.82 Å². The molecule has 1 amide bonds. The van der Waals surface area contributed by atoms with Crippen molar-refractivity contribution in [2.24, 2.45) is 7.05 Å². The Balaban J connectivity index is 1.44. The summed E-state index contributed by atoms with van der Waals surface area (Å²) >= 11 is 1.48. The largest absolute Gasteiger partial charge is 0.329 e. The number of aromatic nitrogens is 4. The van der Waals surface area contributed by atoms with Crippen molar-refractivity contribution in [3.63, 3.8) is 0 Å². The van der Waals surface area contributed by atoms with Crippen LogP contribution in [0.15, 0.2) is 75.8 Å². The maximum Gasteiger partial charge on any atom is 0.258 e. The van der Waals surface area contributed by atoms with Crippen molar-refractivity contribution in [3.05, 3.63) is 77.1 Å². The molecule has 2 heterocycles. The molecule has 0 radical (unpaired) electrons. The molecule has 0 unspecified atom stereocenters. The summed E-state index contributed by atoms with van der Waals surface area (Å²) in [5.74, 6) is 0.355. The summed E-state index contributed by atoms with van der Waals surface area (Å²) in [6.45, 7) is 0.